The Bertz CT molecular complexity index is 345. The van der Waals surface area contributed by atoms with Crippen molar-refractivity contribution in [3.8, 4) is 0 Å². The molecule has 108 valence electrons. The van der Waals surface area contributed by atoms with Crippen LogP contribution in [0, 0.1) is 0 Å². The van der Waals surface area contributed by atoms with E-state index in [4.69, 9.17) is 10.5 Å². The first-order chi connectivity index (χ1) is 9.07. The van der Waals surface area contributed by atoms with E-state index in [1.165, 1.54) is 7.11 Å². The van der Waals surface area contributed by atoms with Gasteiger partial charge < -0.3 is 20.3 Å². The highest BCUT2D eigenvalue weighted by Crippen LogP contribution is 2.29. The van der Waals surface area contributed by atoms with Crippen molar-refractivity contribution in [2.75, 3.05) is 39.9 Å². The number of nitrogens with two attached hydrogens (primary N) is 1. The summed E-state index contributed by atoms with van der Waals surface area (Å²) in [7, 11) is 1.51. The van der Waals surface area contributed by atoms with Crippen molar-refractivity contribution in [3.63, 3.8) is 0 Å². The highest BCUT2D eigenvalue weighted by atomic mass is 16.5. The van der Waals surface area contributed by atoms with Crippen molar-refractivity contribution < 1.29 is 14.3 Å². The van der Waals surface area contributed by atoms with Gasteiger partial charge in [-0.3, -0.25) is 9.59 Å². The average Bonchev–Trinajstić information content (AvgIpc) is 2.86. The van der Waals surface area contributed by atoms with Gasteiger partial charge in [0.15, 0.2) is 0 Å². The highest BCUT2D eigenvalue weighted by Gasteiger charge is 2.40. The molecule has 6 nitrogen and oxygen atoms in total. The summed E-state index contributed by atoms with van der Waals surface area (Å²) >= 11 is 0. The van der Waals surface area contributed by atoms with Crippen LogP contribution in [0.25, 0.3) is 0 Å². The Kier molecular flexibility index (Phi) is 4.42. The standard InChI is InChI=1S/C13H23N3O3/c1-19-10-11(17)15-6-8-16(9-7-15)12(18)13(14)4-2-3-5-13/h2-10,14H2,1H3. The predicted octanol–water partition coefficient (Wildman–Crippen LogP) is -0.425. The zero-order valence-corrected chi connectivity index (χ0v) is 11.6. The minimum atomic E-state index is -0.654. The minimum Gasteiger partial charge on any atom is -0.375 e. The highest BCUT2D eigenvalue weighted by molar-refractivity contribution is 5.87. The smallest absolute Gasteiger partial charge is 0.248 e. The van der Waals surface area contributed by atoms with E-state index in [0.717, 1.165) is 25.7 Å². The molecule has 6 heteroatoms. The molecule has 1 aliphatic heterocycles. The number of nitrogens with zero attached hydrogens (tertiary/aromatic N) is 2. The van der Waals surface area contributed by atoms with Crippen molar-refractivity contribution in [2.24, 2.45) is 5.73 Å². The van der Waals surface area contributed by atoms with Gasteiger partial charge in [0.25, 0.3) is 0 Å². The third-order valence-corrected chi connectivity index (χ3v) is 4.11. The third kappa shape index (κ3) is 3.06. The molecular formula is C13H23N3O3. The number of amides is 2. The number of rotatable bonds is 3. The van der Waals surface area contributed by atoms with Crippen molar-refractivity contribution in [1.29, 1.82) is 0 Å². The summed E-state index contributed by atoms with van der Waals surface area (Å²) in [5.41, 5.74) is 5.53. The second-order valence-electron chi connectivity index (χ2n) is 5.47. The first-order valence-corrected chi connectivity index (χ1v) is 6.92. The van der Waals surface area contributed by atoms with E-state index in [-0.39, 0.29) is 18.4 Å². The number of ether oxygens (including phenoxy) is 1. The number of piperazine rings is 1. The molecule has 2 amide bonds. The van der Waals surface area contributed by atoms with Crippen molar-refractivity contribution in [3.05, 3.63) is 0 Å². The van der Waals surface area contributed by atoms with Crippen LogP contribution in [-0.4, -0.2) is 67.0 Å². The van der Waals surface area contributed by atoms with E-state index in [9.17, 15) is 9.59 Å². The minimum absolute atomic E-state index is 0.0158. The van der Waals surface area contributed by atoms with Gasteiger partial charge in [0.2, 0.25) is 11.8 Å². The largest absolute Gasteiger partial charge is 0.375 e. The quantitative estimate of drug-likeness (QED) is 0.754. The Morgan fingerprint density at radius 1 is 1.11 bits per heavy atom. The monoisotopic (exact) mass is 269 g/mol. The maximum atomic E-state index is 12.4. The summed E-state index contributed by atoms with van der Waals surface area (Å²) in [6, 6.07) is 0. The second kappa shape index (κ2) is 5.88. The topological polar surface area (TPSA) is 75.9 Å². The molecule has 1 saturated carbocycles. The molecule has 0 spiro atoms. The Morgan fingerprint density at radius 2 is 1.63 bits per heavy atom. The predicted molar refractivity (Wildman–Crippen MR) is 70.4 cm³/mol. The number of carbonyl (C=O) groups excluding carboxylic acids is 2. The van der Waals surface area contributed by atoms with E-state index in [1.54, 1.807) is 4.90 Å². The summed E-state index contributed by atoms with van der Waals surface area (Å²) in [5, 5.41) is 0. The molecule has 2 fully saturated rings. The fourth-order valence-corrected chi connectivity index (χ4v) is 2.91. The van der Waals surface area contributed by atoms with Crippen LogP contribution < -0.4 is 5.73 Å². The van der Waals surface area contributed by atoms with Crippen LogP contribution in [0.15, 0.2) is 0 Å². The van der Waals surface area contributed by atoms with Crippen LogP contribution in [0.5, 0.6) is 0 Å². The molecule has 1 heterocycles. The lowest BCUT2D eigenvalue weighted by Crippen LogP contribution is -2.59. The van der Waals surface area contributed by atoms with Crippen LogP contribution in [0.3, 0.4) is 0 Å². The Labute approximate surface area is 113 Å². The van der Waals surface area contributed by atoms with Gasteiger partial charge >= 0.3 is 0 Å². The van der Waals surface area contributed by atoms with Crippen LogP contribution in [0.2, 0.25) is 0 Å². The summed E-state index contributed by atoms with van der Waals surface area (Å²) < 4.78 is 4.84. The first-order valence-electron chi connectivity index (χ1n) is 6.92. The molecule has 0 aromatic carbocycles. The molecule has 0 unspecified atom stereocenters. The number of methoxy groups -OCH3 is 1. The van der Waals surface area contributed by atoms with E-state index < -0.39 is 5.54 Å². The van der Waals surface area contributed by atoms with Crippen LogP contribution in [0.1, 0.15) is 25.7 Å². The van der Waals surface area contributed by atoms with E-state index in [2.05, 4.69) is 0 Å². The van der Waals surface area contributed by atoms with Crippen LogP contribution in [-0.2, 0) is 14.3 Å². The summed E-state index contributed by atoms with van der Waals surface area (Å²) in [6.07, 6.45) is 3.65. The van der Waals surface area contributed by atoms with Gasteiger partial charge in [0.05, 0.1) is 5.54 Å². The van der Waals surface area contributed by atoms with Crippen molar-refractivity contribution in [1.82, 2.24) is 9.80 Å². The van der Waals surface area contributed by atoms with E-state index >= 15 is 0 Å². The molecule has 1 saturated heterocycles. The maximum absolute atomic E-state index is 12.4. The normalized spacial score (nSPS) is 22.6. The molecule has 1 aliphatic carbocycles. The van der Waals surface area contributed by atoms with Gasteiger partial charge in [-0.15, -0.1) is 0 Å². The van der Waals surface area contributed by atoms with Gasteiger partial charge in [-0.1, -0.05) is 12.8 Å². The number of carbonyl (C=O) groups is 2. The third-order valence-electron chi connectivity index (χ3n) is 4.11. The Balaban J connectivity index is 1.86. The fourth-order valence-electron chi connectivity index (χ4n) is 2.91. The van der Waals surface area contributed by atoms with E-state index in [0.29, 0.717) is 26.2 Å². The van der Waals surface area contributed by atoms with Gasteiger partial charge in [0.1, 0.15) is 6.61 Å². The number of hydrogen-bond acceptors (Lipinski definition) is 4. The number of hydrogen-bond donors (Lipinski definition) is 1. The van der Waals surface area contributed by atoms with Gasteiger partial charge in [-0.25, -0.2) is 0 Å². The Morgan fingerprint density at radius 3 is 2.16 bits per heavy atom. The van der Waals surface area contributed by atoms with Gasteiger partial charge in [-0.05, 0) is 12.8 Å². The molecule has 2 aliphatic rings. The fraction of sp³-hybridized carbons (Fsp3) is 0.846. The lowest BCUT2D eigenvalue weighted by atomic mass is 9.97. The Hall–Kier alpha value is -1.14. The molecule has 0 aromatic heterocycles. The van der Waals surface area contributed by atoms with Gasteiger partial charge in [-0.2, -0.15) is 0 Å². The molecule has 19 heavy (non-hydrogen) atoms. The molecule has 0 atom stereocenters. The SMILES string of the molecule is COCC(=O)N1CCN(C(=O)C2(N)CCCC2)CC1. The van der Waals surface area contributed by atoms with Crippen molar-refractivity contribution >= 4 is 11.8 Å². The second-order valence-corrected chi connectivity index (χ2v) is 5.47. The lowest BCUT2D eigenvalue weighted by molar-refractivity contribution is -0.144. The summed E-state index contributed by atoms with van der Waals surface area (Å²) in [4.78, 5) is 27.6. The molecule has 0 radical (unpaired) electrons. The average molecular weight is 269 g/mol. The van der Waals surface area contributed by atoms with E-state index in [1.807, 2.05) is 4.90 Å². The van der Waals surface area contributed by atoms with Crippen LogP contribution >= 0.6 is 0 Å². The molecule has 0 aromatic rings. The molecule has 0 bridgehead atoms. The maximum Gasteiger partial charge on any atom is 0.248 e. The van der Waals surface area contributed by atoms with Gasteiger partial charge in [0, 0.05) is 33.3 Å². The molecule has 2 rings (SSSR count). The molecular weight excluding hydrogens is 246 g/mol. The zero-order chi connectivity index (χ0) is 13.9. The lowest BCUT2D eigenvalue weighted by Gasteiger charge is -2.38. The van der Waals surface area contributed by atoms with Crippen LogP contribution in [0.4, 0.5) is 0 Å². The zero-order valence-electron chi connectivity index (χ0n) is 11.6. The summed E-state index contributed by atoms with van der Waals surface area (Å²) in [5.74, 6) is 0.0433. The molecule has 2 N–H and O–H groups in total. The van der Waals surface area contributed by atoms with Crippen molar-refractivity contribution in [2.45, 2.75) is 31.2 Å². The first kappa shape index (κ1) is 14.3. The summed E-state index contributed by atoms with van der Waals surface area (Å²) in [6.45, 7) is 2.41.